The number of hydrogen-bond acceptors (Lipinski definition) is 5. The fourth-order valence-electron chi connectivity index (χ4n) is 2.92. The summed E-state index contributed by atoms with van der Waals surface area (Å²) < 4.78 is 5.05. The van der Waals surface area contributed by atoms with Crippen LogP contribution in [0.15, 0.2) is 46.1 Å². The van der Waals surface area contributed by atoms with Gasteiger partial charge in [0.15, 0.2) is 11.7 Å². The van der Waals surface area contributed by atoms with Crippen LogP contribution in [0.3, 0.4) is 0 Å². The van der Waals surface area contributed by atoms with Crippen LogP contribution >= 0.6 is 11.6 Å². The van der Waals surface area contributed by atoms with Crippen molar-refractivity contribution in [2.24, 2.45) is 4.99 Å². The van der Waals surface area contributed by atoms with Gasteiger partial charge in [0.05, 0.1) is 11.3 Å². The van der Waals surface area contributed by atoms with Gasteiger partial charge in [0.25, 0.3) is 5.91 Å². The van der Waals surface area contributed by atoms with E-state index in [1.54, 1.807) is 25.4 Å². The van der Waals surface area contributed by atoms with Crippen LogP contribution in [0.5, 0.6) is 0 Å². The van der Waals surface area contributed by atoms with Gasteiger partial charge in [-0.05, 0) is 30.7 Å². The van der Waals surface area contributed by atoms with Gasteiger partial charge < -0.3 is 25.3 Å². The molecule has 1 unspecified atom stereocenters. The first-order chi connectivity index (χ1) is 13.2. The highest BCUT2D eigenvalue weighted by atomic mass is 35.5. The third kappa shape index (κ3) is 5.13. The second-order valence-electron chi connectivity index (χ2n) is 6.12. The number of amides is 1. The third-order valence-electron chi connectivity index (χ3n) is 4.24. The Morgan fingerprint density at radius 3 is 2.96 bits per heavy atom. The van der Waals surface area contributed by atoms with Gasteiger partial charge in [-0.2, -0.15) is 0 Å². The summed E-state index contributed by atoms with van der Waals surface area (Å²) in [5, 5.41) is 10.0. The van der Waals surface area contributed by atoms with Crippen LogP contribution in [0.2, 0.25) is 5.02 Å². The number of aliphatic imine (C=N–C) groups is 1. The molecule has 0 aliphatic carbocycles. The van der Waals surface area contributed by atoms with Crippen LogP contribution in [-0.2, 0) is 0 Å². The molecule has 8 nitrogen and oxygen atoms in total. The molecule has 0 radical (unpaired) electrons. The van der Waals surface area contributed by atoms with Crippen molar-refractivity contribution in [3.63, 3.8) is 0 Å². The largest absolute Gasteiger partial charge is 0.459 e. The van der Waals surface area contributed by atoms with Crippen LogP contribution in [-0.4, -0.2) is 56.1 Å². The molecule has 1 aliphatic heterocycles. The highest BCUT2D eigenvalue weighted by Gasteiger charge is 2.25. The molecule has 144 valence electrons. The predicted octanol–water partition coefficient (Wildman–Crippen LogP) is 1.50. The van der Waals surface area contributed by atoms with Crippen molar-refractivity contribution in [3.8, 4) is 0 Å². The SMILES string of the molecule is CN=C(NCCNC(=O)c1ccco1)NC1CCN(c2ncccc2Cl)C1. The maximum atomic E-state index is 11.8. The van der Waals surface area contributed by atoms with Crippen LogP contribution in [0.4, 0.5) is 5.82 Å². The van der Waals surface area contributed by atoms with E-state index in [1.807, 2.05) is 12.1 Å². The van der Waals surface area contributed by atoms with Gasteiger partial charge in [-0.25, -0.2) is 4.98 Å². The van der Waals surface area contributed by atoms with Crippen molar-refractivity contribution in [3.05, 3.63) is 47.5 Å². The lowest BCUT2D eigenvalue weighted by atomic mass is 10.3. The molecule has 1 aliphatic rings. The Hall–Kier alpha value is -2.74. The van der Waals surface area contributed by atoms with E-state index in [1.165, 1.54) is 6.26 Å². The Balaban J connectivity index is 1.40. The number of anilines is 1. The number of guanidine groups is 1. The molecule has 3 heterocycles. The van der Waals surface area contributed by atoms with E-state index >= 15 is 0 Å². The second-order valence-corrected chi connectivity index (χ2v) is 6.52. The van der Waals surface area contributed by atoms with Crippen molar-refractivity contribution in [1.82, 2.24) is 20.9 Å². The second kappa shape index (κ2) is 9.27. The van der Waals surface area contributed by atoms with Crippen LogP contribution in [0.1, 0.15) is 17.0 Å². The number of nitrogens with zero attached hydrogens (tertiary/aromatic N) is 3. The van der Waals surface area contributed by atoms with Crippen LogP contribution < -0.4 is 20.9 Å². The topological polar surface area (TPSA) is 94.8 Å². The van der Waals surface area contributed by atoms with E-state index in [0.717, 1.165) is 25.3 Å². The summed E-state index contributed by atoms with van der Waals surface area (Å²) >= 11 is 6.23. The Bertz CT molecular complexity index is 780. The van der Waals surface area contributed by atoms with Gasteiger partial charge in [0.2, 0.25) is 0 Å². The molecule has 1 atom stereocenters. The molecule has 0 bridgehead atoms. The van der Waals surface area contributed by atoms with Crippen molar-refractivity contribution < 1.29 is 9.21 Å². The highest BCUT2D eigenvalue weighted by molar-refractivity contribution is 6.32. The molecule has 2 aromatic heterocycles. The molecule has 3 N–H and O–H groups in total. The van der Waals surface area contributed by atoms with Gasteiger partial charge in [0, 0.05) is 45.5 Å². The maximum absolute atomic E-state index is 11.8. The number of pyridine rings is 1. The number of furan rings is 1. The summed E-state index contributed by atoms with van der Waals surface area (Å²) in [4.78, 5) is 22.6. The first-order valence-corrected chi connectivity index (χ1v) is 9.19. The molecule has 3 rings (SSSR count). The minimum atomic E-state index is -0.233. The summed E-state index contributed by atoms with van der Waals surface area (Å²) in [5.74, 6) is 1.58. The van der Waals surface area contributed by atoms with E-state index in [-0.39, 0.29) is 11.9 Å². The van der Waals surface area contributed by atoms with E-state index in [2.05, 4.69) is 30.8 Å². The monoisotopic (exact) mass is 390 g/mol. The zero-order chi connectivity index (χ0) is 19.1. The number of carbonyl (C=O) groups excluding carboxylic acids is 1. The molecular weight excluding hydrogens is 368 g/mol. The summed E-state index contributed by atoms with van der Waals surface area (Å²) in [5.41, 5.74) is 0. The average Bonchev–Trinajstić information content (AvgIpc) is 3.36. The van der Waals surface area contributed by atoms with Crippen molar-refractivity contribution in [2.45, 2.75) is 12.5 Å². The lowest BCUT2D eigenvalue weighted by Crippen LogP contribution is -2.46. The lowest BCUT2D eigenvalue weighted by Gasteiger charge is -2.20. The molecular formula is C18H23ClN6O2. The highest BCUT2D eigenvalue weighted by Crippen LogP contribution is 2.25. The van der Waals surface area contributed by atoms with E-state index in [4.69, 9.17) is 16.0 Å². The molecule has 2 aromatic rings. The van der Waals surface area contributed by atoms with E-state index < -0.39 is 0 Å². The standard InChI is InChI=1S/C18H23ClN6O2/c1-20-18(23-9-8-22-17(26)15-5-3-11-27-15)24-13-6-10-25(12-13)16-14(19)4-2-7-21-16/h2-5,7,11,13H,6,8-10,12H2,1H3,(H,22,26)(H2,20,23,24). The quantitative estimate of drug-likeness (QED) is 0.393. The predicted molar refractivity (Wildman–Crippen MR) is 105 cm³/mol. The average molecular weight is 391 g/mol. The Morgan fingerprint density at radius 2 is 2.22 bits per heavy atom. The van der Waals surface area contributed by atoms with Gasteiger partial charge in [-0.3, -0.25) is 9.79 Å². The van der Waals surface area contributed by atoms with E-state index in [9.17, 15) is 4.79 Å². The fraction of sp³-hybridized carbons (Fsp3) is 0.389. The zero-order valence-corrected chi connectivity index (χ0v) is 15.9. The lowest BCUT2D eigenvalue weighted by molar-refractivity contribution is 0.0926. The summed E-state index contributed by atoms with van der Waals surface area (Å²) in [6.45, 7) is 2.69. The number of hydrogen-bond donors (Lipinski definition) is 3. The molecule has 1 amide bonds. The smallest absolute Gasteiger partial charge is 0.287 e. The molecule has 1 fully saturated rings. The first kappa shape index (κ1) is 19.0. The number of halogens is 1. The Kier molecular flexibility index (Phi) is 6.54. The molecule has 0 aromatic carbocycles. The zero-order valence-electron chi connectivity index (χ0n) is 15.1. The van der Waals surface area contributed by atoms with Gasteiger partial charge in [0.1, 0.15) is 5.82 Å². The third-order valence-corrected chi connectivity index (χ3v) is 4.53. The molecule has 1 saturated heterocycles. The fourth-order valence-corrected chi connectivity index (χ4v) is 3.16. The first-order valence-electron chi connectivity index (χ1n) is 8.81. The van der Waals surface area contributed by atoms with Gasteiger partial charge in [-0.1, -0.05) is 11.6 Å². The van der Waals surface area contributed by atoms with Gasteiger partial charge in [-0.15, -0.1) is 0 Å². The van der Waals surface area contributed by atoms with Crippen molar-refractivity contribution in [2.75, 3.05) is 38.1 Å². The number of carbonyl (C=O) groups is 1. The van der Waals surface area contributed by atoms with E-state index in [0.29, 0.717) is 29.8 Å². The molecule has 27 heavy (non-hydrogen) atoms. The summed E-state index contributed by atoms with van der Waals surface area (Å²) in [6.07, 6.45) is 4.18. The number of aromatic nitrogens is 1. The molecule has 9 heteroatoms. The summed E-state index contributed by atoms with van der Waals surface area (Å²) in [6, 6.07) is 7.23. The summed E-state index contributed by atoms with van der Waals surface area (Å²) in [7, 11) is 1.72. The van der Waals surface area contributed by atoms with Gasteiger partial charge >= 0.3 is 0 Å². The number of rotatable bonds is 6. The van der Waals surface area contributed by atoms with Crippen molar-refractivity contribution in [1.29, 1.82) is 0 Å². The van der Waals surface area contributed by atoms with Crippen LogP contribution in [0, 0.1) is 0 Å². The van der Waals surface area contributed by atoms with Crippen LogP contribution in [0.25, 0.3) is 0 Å². The normalized spacial score (nSPS) is 17.0. The maximum Gasteiger partial charge on any atom is 0.287 e. The number of nitrogens with one attached hydrogen (secondary N) is 3. The minimum Gasteiger partial charge on any atom is -0.459 e. The Labute approximate surface area is 163 Å². The minimum absolute atomic E-state index is 0.233. The molecule has 0 spiro atoms. The molecule has 0 saturated carbocycles. The Morgan fingerprint density at radius 1 is 1.37 bits per heavy atom. The van der Waals surface area contributed by atoms with Crippen molar-refractivity contribution >= 4 is 29.3 Å².